The van der Waals surface area contributed by atoms with Gasteiger partial charge in [0.1, 0.15) is 5.75 Å². The van der Waals surface area contributed by atoms with Crippen molar-refractivity contribution in [1.82, 2.24) is 0 Å². The summed E-state index contributed by atoms with van der Waals surface area (Å²) in [4.78, 5) is 0. The van der Waals surface area contributed by atoms with E-state index in [-0.39, 0.29) is 0 Å². The van der Waals surface area contributed by atoms with Gasteiger partial charge in [-0.3, -0.25) is 0 Å². The Morgan fingerprint density at radius 1 is 1.44 bits per heavy atom. The molecule has 1 fully saturated rings. The van der Waals surface area contributed by atoms with Crippen LogP contribution in [-0.4, -0.2) is 6.61 Å². The zero-order chi connectivity index (χ0) is 11.5. The minimum absolute atomic E-state index is 0.528. The maximum Gasteiger partial charge on any atom is 0.126 e. The van der Waals surface area contributed by atoms with Crippen LogP contribution in [0.2, 0.25) is 0 Å². The smallest absolute Gasteiger partial charge is 0.126 e. The highest BCUT2D eigenvalue weighted by molar-refractivity contribution is 9.10. The van der Waals surface area contributed by atoms with Gasteiger partial charge in [-0.25, -0.2) is 0 Å². The van der Waals surface area contributed by atoms with Crippen LogP contribution in [0.4, 0.5) is 0 Å². The van der Waals surface area contributed by atoms with Crippen LogP contribution in [0.1, 0.15) is 30.4 Å². The predicted molar refractivity (Wildman–Crippen MR) is 69.6 cm³/mol. The van der Waals surface area contributed by atoms with Crippen LogP contribution in [0.3, 0.4) is 0 Å². The van der Waals surface area contributed by atoms with Gasteiger partial charge in [-0.2, -0.15) is 0 Å². The number of ether oxygens (including phenoxy) is 1. The van der Waals surface area contributed by atoms with E-state index in [9.17, 15) is 0 Å². The second-order valence-electron chi connectivity index (χ2n) is 4.52. The number of hydrogen-bond donors (Lipinski definition) is 1. The van der Waals surface area contributed by atoms with E-state index < -0.39 is 0 Å². The fourth-order valence-electron chi connectivity index (χ4n) is 2.02. The van der Waals surface area contributed by atoms with Crippen molar-refractivity contribution in [3.8, 4) is 5.75 Å². The molecule has 2 nitrogen and oxygen atoms in total. The molecule has 1 aromatic rings. The molecule has 0 atom stereocenters. The summed E-state index contributed by atoms with van der Waals surface area (Å²) in [5, 5.41) is 0. The maximum absolute atomic E-state index is 5.92. The van der Waals surface area contributed by atoms with Crippen molar-refractivity contribution in [2.45, 2.75) is 32.7 Å². The molecule has 0 unspecified atom stereocenters. The topological polar surface area (TPSA) is 35.2 Å². The summed E-state index contributed by atoms with van der Waals surface area (Å²) < 4.78 is 6.99. The summed E-state index contributed by atoms with van der Waals surface area (Å²) >= 11 is 3.48. The summed E-state index contributed by atoms with van der Waals surface area (Å²) in [5.41, 5.74) is 7.99. The molecule has 0 spiro atoms. The zero-order valence-corrected chi connectivity index (χ0v) is 11.2. The maximum atomic E-state index is 5.92. The van der Waals surface area contributed by atoms with Crippen LogP contribution in [-0.2, 0) is 6.54 Å². The lowest BCUT2D eigenvalue weighted by Crippen LogP contribution is -2.20. The fourth-order valence-corrected chi connectivity index (χ4v) is 2.64. The van der Waals surface area contributed by atoms with Crippen molar-refractivity contribution in [2.24, 2.45) is 11.7 Å². The predicted octanol–water partition coefficient (Wildman–Crippen LogP) is 3.40. The van der Waals surface area contributed by atoms with Gasteiger partial charge >= 0.3 is 0 Å². The zero-order valence-electron chi connectivity index (χ0n) is 9.63. The van der Waals surface area contributed by atoms with Crippen LogP contribution in [0.15, 0.2) is 16.6 Å². The van der Waals surface area contributed by atoms with Gasteiger partial charge in [-0.1, -0.05) is 22.4 Å². The molecule has 88 valence electrons. The molecule has 0 aliphatic heterocycles. The Morgan fingerprint density at radius 3 is 2.75 bits per heavy atom. The standard InChI is InChI=1S/C13H18BrNO/c1-9-5-12(14)6-11(7-15)13(9)16-8-10-3-2-4-10/h5-6,10H,2-4,7-8,15H2,1H3. The van der Waals surface area contributed by atoms with Crippen LogP contribution in [0.5, 0.6) is 5.75 Å². The average molecular weight is 284 g/mol. The highest BCUT2D eigenvalue weighted by Crippen LogP contribution is 2.31. The average Bonchev–Trinajstić information content (AvgIpc) is 2.17. The van der Waals surface area contributed by atoms with Crippen LogP contribution in [0.25, 0.3) is 0 Å². The van der Waals surface area contributed by atoms with Crippen LogP contribution < -0.4 is 10.5 Å². The van der Waals surface area contributed by atoms with Gasteiger partial charge in [-0.05, 0) is 43.4 Å². The molecule has 16 heavy (non-hydrogen) atoms. The third-order valence-corrected chi connectivity index (χ3v) is 3.68. The highest BCUT2D eigenvalue weighted by atomic mass is 79.9. The highest BCUT2D eigenvalue weighted by Gasteiger charge is 2.19. The molecule has 0 aromatic heterocycles. The summed E-state index contributed by atoms with van der Waals surface area (Å²) in [6, 6.07) is 4.12. The largest absolute Gasteiger partial charge is 0.493 e. The van der Waals surface area contributed by atoms with Gasteiger partial charge in [0.15, 0.2) is 0 Å². The third kappa shape index (κ3) is 2.58. The van der Waals surface area contributed by atoms with E-state index >= 15 is 0 Å². The molecule has 0 heterocycles. The van der Waals surface area contributed by atoms with Crippen molar-refractivity contribution in [2.75, 3.05) is 6.61 Å². The summed E-state index contributed by atoms with van der Waals surface area (Å²) in [7, 11) is 0. The molecule has 3 heteroatoms. The number of rotatable bonds is 4. The van der Waals surface area contributed by atoms with Crippen LogP contribution >= 0.6 is 15.9 Å². The molecular formula is C13H18BrNO. The lowest BCUT2D eigenvalue weighted by atomic mass is 9.86. The molecule has 0 amide bonds. The number of benzene rings is 1. The second kappa shape index (κ2) is 5.19. The van der Waals surface area contributed by atoms with E-state index in [0.717, 1.165) is 33.9 Å². The first-order valence-corrected chi connectivity index (χ1v) is 6.62. The Morgan fingerprint density at radius 2 is 2.19 bits per heavy atom. The third-order valence-electron chi connectivity index (χ3n) is 3.22. The van der Waals surface area contributed by atoms with Gasteiger partial charge < -0.3 is 10.5 Å². The number of aryl methyl sites for hydroxylation is 1. The van der Waals surface area contributed by atoms with Gasteiger partial charge in [0, 0.05) is 16.6 Å². The number of halogens is 1. The number of hydrogen-bond acceptors (Lipinski definition) is 2. The van der Waals surface area contributed by atoms with E-state index in [4.69, 9.17) is 10.5 Å². The Balaban J connectivity index is 2.10. The van der Waals surface area contributed by atoms with E-state index in [1.165, 1.54) is 19.3 Å². The first-order valence-electron chi connectivity index (χ1n) is 5.82. The molecule has 2 rings (SSSR count). The van der Waals surface area contributed by atoms with E-state index in [1.54, 1.807) is 0 Å². The molecule has 0 saturated heterocycles. The van der Waals surface area contributed by atoms with Gasteiger partial charge in [0.2, 0.25) is 0 Å². The van der Waals surface area contributed by atoms with Crippen molar-refractivity contribution < 1.29 is 4.74 Å². The van der Waals surface area contributed by atoms with Crippen molar-refractivity contribution in [1.29, 1.82) is 0 Å². The first kappa shape index (κ1) is 11.9. The number of nitrogens with two attached hydrogens (primary N) is 1. The monoisotopic (exact) mass is 283 g/mol. The normalized spacial score (nSPS) is 15.9. The minimum Gasteiger partial charge on any atom is -0.493 e. The summed E-state index contributed by atoms with van der Waals surface area (Å²) in [6.07, 6.45) is 3.98. The molecule has 1 aromatic carbocycles. The fraction of sp³-hybridized carbons (Fsp3) is 0.538. The SMILES string of the molecule is Cc1cc(Br)cc(CN)c1OCC1CCC1. The molecule has 0 bridgehead atoms. The second-order valence-corrected chi connectivity index (χ2v) is 5.44. The van der Waals surface area contributed by atoms with Gasteiger partial charge in [0.05, 0.1) is 6.61 Å². The van der Waals surface area contributed by atoms with Crippen molar-refractivity contribution in [3.05, 3.63) is 27.7 Å². The Bertz CT molecular complexity index is 374. The molecular weight excluding hydrogens is 266 g/mol. The Kier molecular flexibility index (Phi) is 3.87. The van der Waals surface area contributed by atoms with E-state index in [1.807, 2.05) is 6.07 Å². The van der Waals surface area contributed by atoms with Gasteiger partial charge in [0.25, 0.3) is 0 Å². The quantitative estimate of drug-likeness (QED) is 0.919. The molecule has 1 aliphatic carbocycles. The lowest BCUT2D eigenvalue weighted by Gasteiger charge is -2.26. The summed E-state index contributed by atoms with van der Waals surface area (Å²) in [5.74, 6) is 1.74. The van der Waals surface area contributed by atoms with E-state index in [2.05, 4.69) is 28.9 Å². The molecule has 1 saturated carbocycles. The molecule has 2 N–H and O–H groups in total. The van der Waals surface area contributed by atoms with Crippen molar-refractivity contribution in [3.63, 3.8) is 0 Å². The Hall–Kier alpha value is -0.540. The Labute approximate surface area is 105 Å². The van der Waals surface area contributed by atoms with Crippen LogP contribution in [0, 0.1) is 12.8 Å². The molecule has 1 aliphatic rings. The van der Waals surface area contributed by atoms with Crippen molar-refractivity contribution >= 4 is 15.9 Å². The lowest BCUT2D eigenvalue weighted by molar-refractivity contribution is 0.178. The minimum atomic E-state index is 0.528. The van der Waals surface area contributed by atoms with E-state index in [0.29, 0.717) is 6.54 Å². The van der Waals surface area contributed by atoms with Gasteiger partial charge in [-0.15, -0.1) is 0 Å². The summed E-state index contributed by atoms with van der Waals surface area (Å²) in [6.45, 7) is 3.44. The first-order chi connectivity index (χ1) is 7.70. The molecule has 0 radical (unpaired) electrons.